The quantitative estimate of drug-likeness (QED) is 0.511. The summed E-state index contributed by atoms with van der Waals surface area (Å²) in [4.78, 5) is 27.9. The second-order valence-corrected chi connectivity index (χ2v) is 6.10. The molecule has 0 saturated carbocycles. The molecule has 2 aromatic carbocycles. The maximum atomic E-state index is 13.0. The molecule has 0 unspecified atom stereocenters. The molecule has 0 aromatic heterocycles. The zero-order chi connectivity index (χ0) is 18.5. The van der Waals surface area contributed by atoms with Gasteiger partial charge in [0.2, 0.25) is 0 Å². The number of rotatable bonds is 8. The van der Waals surface area contributed by atoms with Gasteiger partial charge >= 0.3 is 0 Å². The van der Waals surface area contributed by atoms with Gasteiger partial charge in [0.25, 0.3) is 10.9 Å². The fourth-order valence-corrected chi connectivity index (χ4v) is 3.10. The number of aliphatic hydroxyl groups excluding tert-OH is 1. The molecule has 0 aliphatic carbocycles. The zero-order valence-corrected chi connectivity index (χ0v) is 14.4. The van der Waals surface area contributed by atoms with Gasteiger partial charge in [-0.15, -0.1) is 0 Å². The highest BCUT2D eigenvalue weighted by molar-refractivity contribution is 5.75. The van der Waals surface area contributed by atoms with Gasteiger partial charge in [0, 0.05) is 38.4 Å². The predicted molar refractivity (Wildman–Crippen MR) is 98.6 cm³/mol. The van der Waals surface area contributed by atoms with Crippen molar-refractivity contribution in [2.24, 2.45) is 0 Å². The number of halogens is 1. The third-order valence-electron chi connectivity index (χ3n) is 4.46. The molecule has 7 nitrogen and oxygen atoms in total. The molecule has 2 N–H and O–H groups in total. The number of nitrogens with one attached hydrogen (secondary N) is 1. The third-order valence-corrected chi connectivity index (χ3v) is 4.46. The van der Waals surface area contributed by atoms with Crippen LogP contribution < -0.4 is 26.0 Å². The van der Waals surface area contributed by atoms with Gasteiger partial charge in [-0.05, 0) is 24.3 Å². The van der Waals surface area contributed by atoms with Gasteiger partial charge in [0.05, 0.1) is 19.8 Å². The van der Waals surface area contributed by atoms with E-state index >= 15 is 0 Å². The van der Waals surface area contributed by atoms with Crippen molar-refractivity contribution in [3.05, 3.63) is 50.5 Å². The molecule has 1 fully saturated rings. The molecule has 0 radical (unpaired) electrons. The Morgan fingerprint density at radius 1 is 1.00 bits per heavy atom. The lowest BCUT2D eigenvalue weighted by Crippen LogP contribution is -2.51. The Labute approximate surface area is 150 Å². The fourth-order valence-electron chi connectivity index (χ4n) is 3.10. The maximum Gasteiger partial charge on any atom is 0.253 e. The number of ether oxygens (including phenoxy) is 1. The summed E-state index contributed by atoms with van der Waals surface area (Å²) in [5, 5.41) is 11.6. The van der Waals surface area contributed by atoms with Crippen molar-refractivity contribution in [2.45, 2.75) is 0 Å². The van der Waals surface area contributed by atoms with E-state index in [4.69, 9.17) is 9.84 Å². The maximum absolute atomic E-state index is 13.0. The molecule has 1 saturated heterocycles. The van der Waals surface area contributed by atoms with E-state index in [0.717, 1.165) is 5.69 Å². The lowest BCUT2D eigenvalue weighted by atomic mass is 10.1. The van der Waals surface area contributed by atoms with Crippen molar-refractivity contribution < 1.29 is 14.2 Å². The van der Waals surface area contributed by atoms with Crippen LogP contribution in [0.5, 0.6) is 0 Å². The number of aliphatic hydroxyl groups is 1. The summed E-state index contributed by atoms with van der Waals surface area (Å²) in [5.41, 5.74) is 0.770. The highest BCUT2D eigenvalue weighted by atomic mass is 19.1. The van der Waals surface area contributed by atoms with E-state index < -0.39 is 10.9 Å². The van der Waals surface area contributed by atoms with Gasteiger partial charge in [0.15, 0.2) is 0 Å². The first-order valence-electron chi connectivity index (χ1n) is 8.63. The molecule has 26 heavy (non-hydrogen) atoms. The minimum absolute atomic E-state index is 0.0519. The van der Waals surface area contributed by atoms with Crippen LogP contribution in [0.4, 0.5) is 21.5 Å². The van der Waals surface area contributed by atoms with Crippen molar-refractivity contribution in [3.8, 4) is 0 Å². The van der Waals surface area contributed by atoms with E-state index in [-0.39, 0.29) is 19.0 Å². The van der Waals surface area contributed by atoms with E-state index in [1.54, 1.807) is 12.1 Å². The second-order valence-electron chi connectivity index (χ2n) is 6.10. The minimum Gasteiger partial charge on any atom is -0.394 e. The number of hydrogen-bond acceptors (Lipinski definition) is 7. The van der Waals surface area contributed by atoms with Gasteiger partial charge < -0.3 is 25.0 Å². The van der Waals surface area contributed by atoms with Gasteiger partial charge in [-0.3, -0.25) is 9.59 Å². The van der Waals surface area contributed by atoms with Gasteiger partial charge in [-0.25, -0.2) is 4.39 Å². The van der Waals surface area contributed by atoms with Crippen molar-refractivity contribution >= 4 is 17.1 Å². The molecule has 1 heterocycles. The normalized spacial score (nSPS) is 14.8. The number of benzene rings is 1. The van der Waals surface area contributed by atoms with Crippen LogP contribution in [0.3, 0.4) is 0 Å². The standard InChI is InChI=1S/C18H22FN3O4/c19-13-1-3-14(4-2-13)21-6-8-22(9-7-21)16-15(17(24)18(16)25)20-5-11-26-12-10-23/h1-4,20,23H,5-12H2. The lowest BCUT2D eigenvalue weighted by molar-refractivity contribution is 0.0992. The first-order chi connectivity index (χ1) is 12.6. The van der Waals surface area contributed by atoms with Crippen LogP contribution in [0, 0.1) is 5.82 Å². The zero-order valence-electron chi connectivity index (χ0n) is 14.4. The molecule has 0 spiro atoms. The summed E-state index contributed by atoms with van der Waals surface area (Å²) < 4.78 is 18.2. The molecule has 0 amide bonds. The van der Waals surface area contributed by atoms with Gasteiger partial charge in [-0.1, -0.05) is 0 Å². The fraction of sp³-hybridized carbons (Fsp3) is 0.444. The number of anilines is 3. The highest BCUT2D eigenvalue weighted by Gasteiger charge is 2.28. The van der Waals surface area contributed by atoms with Crippen LogP contribution in [0.1, 0.15) is 0 Å². The van der Waals surface area contributed by atoms with Crippen molar-refractivity contribution in [2.75, 3.05) is 67.7 Å². The van der Waals surface area contributed by atoms with E-state index in [0.29, 0.717) is 50.7 Å². The monoisotopic (exact) mass is 363 g/mol. The summed E-state index contributed by atoms with van der Waals surface area (Å²) in [7, 11) is 0. The molecule has 1 aliphatic rings. The summed E-state index contributed by atoms with van der Waals surface area (Å²) in [6, 6.07) is 6.34. The van der Waals surface area contributed by atoms with E-state index in [9.17, 15) is 14.0 Å². The lowest BCUT2D eigenvalue weighted by Gasteiger charge is -2.38. The molecular weight excluding hydrogens is 341 g/mol. The Morgan fingerprint density at radius 3 is 2.31 bits per heavy atom. The van der Waals surface area contributed by atoms with E-state index in [1.807, 2.05) is 4.90 Å². The Balaban J connectivity index is 1.57. The SMILES string of the molecule is O=c1c(NCCOCCO)c(N2CCN(c3ccc(F)cc3)CC2)c1=O. The summed E-state index contributed by atoms with van der Waals surface area (Å²) in [6.07, 6.45) is 0. The largest absolute Gasteiger partial charge is 0.394 e. The smallest absolute Gasteiger partial charge is 0.253 e. The molecule has 1 aliphatic heterocycles. The minimum atomic E-state index is -0.497. The molecule has 0 bridgehead atoms. The van der Waals surface area contributed by atoms with Crippen LogP contribution in [-0.2, 0) is 4.74 Å². The van der Waals surface area contributed by atoms with Crippen LogP contribution in [0.2, 0.25) is 0 Å². The molecular formula is C18H22FN3O4. The highest BCUT2D eigenvalue weighted by Crippen LogP contribution is 2.23. The average Bonchev–Trinajstić information content (AvgIpc) is 2.67. The Bertz CT molecular complexity index is 794. The summed E-state index contributed by atoms with van der Waals surface area (Å²) >= 11 is 0. The summed E-state index contributed by atoms with van der Waals surface area (Å²) in [6.45, 7) is 3.52. The van der Waals surface area contributed by atoms with E-state index in [1.165, 1.54) is 12.1 Å². The third kappa shape index (κ3) is 3.86. The van der Waals surface area contributed by atoms with Crippen LogP contribution in [0.25, 0.3) is 0 Å². The average molecular weight is 363 g/mol. The van der Waals surface area contributed by atoms with Crippen LogP contribution >= 0.6 is 0 Å². The second kappa shape index (κ2) is 8.29. The van der Waals surface area contributed by atoms with Crippen molar-refractivity contribution in [1.29, 1.82) is 0 Å². The van der Waals surface area contributed by atoms with Crippen LogP contribution in [-0.4, -0.2) is 57.7 Å². The van der Waals surface area contributed by atoms with Crippen LogP contribution in [0.15, 0.2) is 33.9 Å². The van der Waals surface area contributed by atoms with Gasteiger partial charge in [0.1, 0.15) is 17.2 Å². The topological polar surface area (TPSA) is 82.1 Å². The number of nitrogens with zero attached hydrogens (tertiary/aromatic N) is 2. The Kier molecular flexibility index (Phi) is 5.85. The molecule has 3 rings (SSSR count). The molecule has 8 heteroatoms. The van der Waals surface area contributed by atoms with E-state index in [2.05, 4.69) is 10.2 Å². The Hall–Kier alpha value is -2.45. The molecule has 140 valence electrons. The number of hydrogen-bond donors (Lipinski definition) is 2. The predicted octanol–water partition coefficient (Wildman–Crippen LogP) is 0.169. The molecule has 2 aromatic rings. The van der Waals surface area contributed by atoms with Crippen molar-refractivity contribution in [3.63, 3.8) is 0 Å². The Morgan fingerprint density at radius 2 is 1.65 bits per heavy atom. The van der Waals surface area contributed by atoms with Gasteiger partial charge in [-0.2, -0.15) is 0 Å². The first kappa shape index (κ1) is 18.3. The summed E-state index contributed by atoms with van der Waals surface area (Å²) in [5.74, 6) is -0.269. The number of piperazine rings is 1. The first-order valence-corrected chi connectivity index (χ1v) is 8.63. The molecule has 0 atom stereocenters. The van der Waals surface area contributed by atoms with Crippen molar-refractivity contribution in [1.82, 2.24) is 0 Å².